The smallest absolute Gasteiger partial charge is 0.591 e. The fourth-order valence-electron chi connectivity index (χ4n) is 0.666. The van der Waals surface area contributed by atoms with Gasteiger partial charge in [0.1, 0.15) is 0 Å². The van der Waals surface area contributed by atoms with E-state index in [1.54, 1.807) is 24.3 Å². The first-order chi connectivity index (χ1) is 4.70. The minimum atomic E-state index is -2.41. The summed E-state index contributed by atoms with van der Waals surface area (Å²) in [5.41, 5.74) is 1.07. The van der Waals surface area contributed by atoms with Gasteiger partial charge in [-0.25, -0.2) is 0 Å². The van der Waals surface area contributed by atoms with Crippen molar-refractivity contribution in [2.75, 3.05) is 0 Å². The minimum absolute atomic E-state index is 0. The van der Waals surface area contributed by atoms with E-state index in [1.807, 2.05) is 6.92 Å². The summed E-state index contributed by atoms with van der Waals surface area (Å²) in [4.78, 5) is 10.3. The van der Waals surface area contributed by atoms with Gasteiger partial charge >= 0.3 is 37.6 Å². The number of hydrogen-bond donors (Lipinski definition) is 0. The SMILES string of the molecule is Cc1ccc([P+](=O)[O-])cc1.[Na+]. The summed E-state index contributed by atoms with van der Waals surface area (Å²) in [5, 5.41) is 0.376. The molecule has 1 rings (SSSR count). The van der Waals surface area contributed by atoms with Crippen LogP contribution in [0.4, 0.5) is 0 Å². The van der Waals surface area contributed by atoms with Crippen molar-refractivity contribution < 1.29 is 39.0 Å². The summed E-state index contributed by atoms with van der Waals surface area (Å²) in [5.74, 6) is 0. The fourth-order valence-corrected chi connectivity index (χ4v) is 1.06. The van der Waals surface area contributed by atoms with Crippen LogP contribution in [0, 0.1) is 6.92 Å². The normalized spacial score (nSPS) is 10.2. The molecule has 0 amide bonds. The third kappa shape index (κ3) is 3.46. The standard InChI is InChI=1S/C7H7O2P.Na/c1-6-2-4-7(5-3-6)10(8)9;/h2-5H,1H3;/q;+1. The van der Waals surface area contributed by atoms with Gasteiger partial charge in [0.2, 0.25) is 0 Å². The molecule has 0 heterocycles. The maximum absolute atomic E-state index is 10.3. The molecule has 4 heteroatoms. The van der Waals surface area contributed by atoms with E-state index < -0.39 is 8.03 Å². The largest absolute Gasteiger partial charge is 1.00 e. The molecule has 1 atom stereocenters. The molecule has 1 aromatic carbocycles. The van der Waals surface area contributed by atoms with Crippen LogP contribution in [0.5, 0.6) is 0 Å². The summed E-state index contributed by atoms with van der Waals surface area (Å²) in [7, 11) is -2.41. The molecule has 0 aliphatic carbocycles. The van der Waals surface area contributed by atoms with Crippen LogP contribution in [0.2, 0.25) is 0 Å². The molecule has 0 aliphatic rings. The Hall–Kier alpha value is 0.280. The molecule has 0 radical (unpaired) electrons. The van der Waals surface area contributed by atoms with Crippen LogP contribution in [0.3, 0.4) is 0 Å². The van der Waals surface area contributed by atoms with Gasteiger partial charge in [0.15, 0.2) is 5.30 Å². The molecular formula is C7H7NaO2P+. The Labute approximate surface area is 88.8 Å². The van der Waals surface area contributed by atoms with Crippen LogP contribution in [0.15, 0.2) is 24.3 Å². The predicted octanol–water partition coefficient (Wildman–Crippen LogP) is -2.27. The van der Waals surface area contributed by atoms with E-state index in [0.29, 0.717) is 5.30 Å². The maximum atomic E-state index is 10.3. The molecular weight excluding hydrogens is 170 g/mol. The fraction of sp³-hybridized carbons (Fsp3) is 0.143. The van der Waals surface area contributed by atoms with Crippen LogP contribution in [0.25, 0.3) is 0 Å². The van der Waals surface area contributed by atoms with Crippen molar-refractivity contribution in [3.8, 4) is 0 Å². The molecule has 52 valence electrons. The summed E-state index contributed by atoms with van der Waals surface area (Å²) in [6.07, 6.45) is 0. The zero-order valence-corrected chi connectivity index (χ0v) is 9.47. The molecule has 0 aromatic heterocycles. The molecule has 0 saturated heterocycles. The second-order valence-corrected chi connectivity index (χ2v) is 3.12. The molecule has 0 fully saturated rings. The first kappa shape index (κ1) is 11.3. The van der Waals surface area contributed by atoms with Gasteiger partial charge in [0, 0.05) is 0 Å². The monoisotopic (exact) mass is 177 g/mol. The van der Waals surface area contributed by atoms with E-state index in [0.717, 1.165) is 5.56 Å². The Morgan fingerprint density at radius 3 is 2.09 bits per heavy atom. The first-order valence-corrected chi connectivity index (χ1v) is 4.09. The van der Waals surface area contributed by atoms with Crippen molar-refractivity contribution in [3.05, 3.63) is 29.8 Å². The van der Waals surface area contributed by atoms with E-state index >= 15 is 0 Å². The number of rotatable bonds is 1. The van der Waals surface area contributed by atoms with Crippen LogP contribution in [0.1, 0.15) is 5.56 Å². The van der Waals surface area contributed by atoms with E-state index in [-0.39, 0.29) is 29.6 Å². The molecule has 0 spiro atoms. The summed E-state index contributed by atoms with van der Waals surface area (Å²) >= 11 is 0. The Kier molecular flexibility index (Phi) is 5.15. The van der Waals surface area contributed by atoms with Crippen molar-refractivity contribution in [2.45, 2.75) is 6.92 Å². The number of benzene rings is 1. The Balaban J connectivity index is 0.000001000. The molecule has 1 unspecified atom stereocenters. The van der Waals surface area contributed by atoms with Gasteiger partial charge in [-0.2, -0.15) is 0 Å². The molecule has 1 aromatic rings. The number of aryl methyl sites for hydroxylation is 1. The zero-order valence-electron chi connectivity index (χ0n) is 6.57. The number of hydrogen-bond acceptors (Lipinski definition) is 2. The van der Waals surface area contributed by atoms with Crippen molar-refractivity contribution in [3.63, 3.8) is 0 Å². The Morgan fingerprint density at radius 2 is 1.73 bits per heavy atom. The van der Waals surface area contributed by atoms with Crippen LogP contribution < -0.4 is 39.8 Å². The second kappa shape index (κ2) is 5.02. The predicted molar refractivity (Wildman–Crippen MR) is 38.4 cm³/mol. The average Bonchev–Trinajstić information content (AvgIpc) is 1.88. The van der Waals surface area contributed by atoms with Gasteiger partial charge in [0.25, 0.3) is 0 Å². The van der Waals surface area contributed by atoms with Gasteiger partial charge in [-0.15, -0.1) is 0 Å². The van der Waals surface area contributed by atoms with Gasteiger partial charge in [0.05, 0.1) is 0 Å². The average molecular weight is 177 g/mol. The van der Waals surface area contributed by atoms with E-state index in [1.165, 1.54) is 0 Å². The molecule has 0 N–H and O–H groups in total. The maximum Gasteiger partial charge on any atom is 1.00 e. The van der Waals surface area contributed by atoms with Crippen LogP contribution >= 0.6 is 8.03 Å². The van der Waals surface area contributed by atoms with Crippen LogP contribution in [-0.2, 0) is 4.57 Å². The van der Waals surface area contributed by atoms with Gasteiger partial charge < -0.3 is 4.89 Å². The van der Waals surface area contributed by atoms with Crippen molar-refractivity contribution >= 4 is 13.3 Å². The van der Waals surface area contributed by atoms with Gasteiger partial charge in [-0.1, -0.05) is 22.3 Å². The van der Waals surface area contributed by atoms with Crippen LogP contribution in [-0.4, -0.2) is 0 Å². The second-order valence-electron chi connectivity index (χ2n) is 2.09. The molecule has 11 heavy (non-hydrogen) atoms. The molecule has 2 nitrogen and oxygen atoms in total. The van der Waals surface area contributed by atoms with E-state index in [2.05, 4.69) is 0 Å². The molecule has 0 saturated carbocycles. The van der Waals surface area contributed by atoms with Gasteiger partial charge in [-0.05, 0) is 19.1 Å². The minimum Gasteiger partial charge on any atom is -0.591 e. The van der Waals surface area contributed by atoms with Crippen molar-refractivity contribution in [1.82, 2.24) is 0 Å². The van der Waals surface area contributed by atoms with E-state index in [4.69, 9.17) is 0 Å². The summed E-state index contributed by atoms with van der Waals surface area (Å²) in [6.45, 7) is 1.92. The quantitative estimate of drug-likeness (QED) is 0.358. The third-order valence-corrected chi connectivity index (χ3v) is 1.96. The Morgan fingerprint density at radius 1 is 1.27 bits per heavy atom. The zero-order chi connectivity index (χ0) is 7.56. The third-order valence-electron chi connectivity index (χ3n) is 1.24. The topological polar surface area (TPSA) is 40.1 Å². The van der Waals surface area contributed by atoms with E-state index in [9.17, 15) is 9.46 Å². The summed E-state index contributed by atoms with van der Waals surface area (Å²) in [6, 6.07) is 6.75. The Bertz CT molecular complexity index is 245. The molecule has 0 bridgehead atoms. The first-order valence-electron chi connectivity index (χ1n) is 2.91. The molecule has 0 aliphatic heterocycles. The van der Waals surface area contributed by atoms with Gasteiger partial charge in [-0.3, -0.25) is 0 Å². The van der Waals surface area contributed by atoms with Crippen molar-refractivity contribution in [1.29, 1.82) is 0 Å². The van der Waals surface area contributed by atoms with Crippen molar-refractivity contribution in [2.24, 2.45) is 0 Å². The summed E-state index contributed by atoms with van der Waals surface area (Å²) < 4.78 is 10.3.